The lowest BCUT2D eigenvalue weighted by Crippen LogP contribution is -2.40. The summed E-state index contributed by atoms with van der Waals surface area (Å²) in [6.07, 6.45) is 2.61. The quantitative estimate of drug-likeness (QED) is 0.309. The first kappa shape index (κ1) is 24.4. The van der Waals surface area contributed by atoms with Crippen LogP contribution < -0.4 is 11.2 Å². The molecule has 0 spiro atoms. The van der Waals surface area contributed by atoms with Crippen LogP contribution in [0, 0.1) is 0 Å². The van der Waals surface area contributed by atoms with Crippen LogP contribution in [0.2, 0.25) is 5.28 Å². The molecule has 0 bridgehead atoms. The van der Waals surface area contributed by atoms with Gasteiger partial charge in [-0.15, -0.1) is 0 Å². The number of rotatable bonds is 9. The number of H-pyrrole nitrogens is 1. The molecule has 0 saturated carbocycles. The van der Waals surface area contributed by atoms with Crippen molar-refractivity contribution in [1.82, 2.24) is 29.2 Å². The van der Waals surface area contributed by atoms with Gasteiger partial charge in [0.2, 0.25) is 11.2 Å². The summed E-state index contributed by atoms with van der Waals surface area (Å²) in [5, 5.41) is 4.27. The first-order valence-corrected chi connectivity index (χ1v) is 12.4. The molecule has 3 heterocycles. The number of aromatic nitrogens is 6. The maximum absolute atomic E-state index is 13.1. The van der Waals surface area contributed by atoms with Gasteiger partial charge in [0.25, 0.3) is 5.56 Å². The second-order valence-electron chi connectivity index (χ2n) is 8.72. The maximum Gasteiger partial charge on any atom is 0.332 e. The Morgan fingerprint density at radius 1 is 1.15 bits per heavy atom. The van der Waals surface area contributed by atoms with Gasteiger partial charge in [-0.05, 0) is 56.0 Å². The van der Waals surface area contributed by atoms with Gasteiger partial charge in [-0.3, -0.25) is 13.9 Å². The van der Waals surface area contributed by atoms with Crippen LogP contribution in [0.1, 0.15) is 57.3 Å². The number of benzene rings is 1. The third-order valence-corrected chi connectivity index (χ3v) is 6.59. The zero-order valence-corrected chi connectivity index (χ0v) is 21.6. The van der Waals surface area contributed by atoms with Crippen LogP contribution in [0.25, 0.3) is 11.2 Å². The molecule has 3 aromatic heterocycles. The number of nitrogens with zero attached hydrogens (tertiary/aromatic N) is 5. The Morgan fingerprint density at radius 3 is 2.65 bits per heavy atom. The normalized spacial score (nSPS) is 12.0. The first-order chi connectivity index (χ1) is 16.2. The minimum Gasteiger partial charge on any atom is -0.339 e. The predicted molar refractivity (Wildman–Crippen MR) is 133 cm³/mol. The van der Waals surface area contributed by atoms with E-state index in [1.807, 2.05) is 45.0 Å². The molecular weight excluding hydrogens is 524 g/mol. The Hall–Kier alpha value is -2.72. The molecule has 0 unspecified atom stereocenters. The number of hydrogen-bond acceptors (Lipinski definition) is 6. The van der Waals surface area contributed by atoms with Crippen molar-refractivity contribution in [3.05, 3.63) is 72.1 Å². The van der Waals surface area contributed by atoms with Crippen molar-refractivity contribution < 1.29 is 4.52 Å². The summed E-state index contributed by atoms with van der Waals surface area (Å²) in [5.74, 6) is 1.04. The van der Waals surface area contributed by atoms with E-state index in [9.17, 15) is 9.59 Å². The largest absolute Gasteiger partial charge is 0.339 e. The van der Waals surface area contributed by atoms with Crippen molar-refractivity contribution in [3.63, 3.8) is 0 Å². The summed E-state index contributed by atoms with van der Waals surface area (Å²) >= 11 is 9.48. The number of halogens is 2. The van der Waals surface area contributed by atoms with Crippen molar-refractivity contribution in [2.24, 2.45) is 0 Å². The molecule has 4 aromatic rings. The number of hydrogen-bond donors (Lipinski definition) is 1. The van der Waals surface area contributed by atoms with Crippen LogP contribution in [-0.2, 0) is 24.9 Å². The van der Waals surface area contributed by atoms with Gasteiger partial charge in [0.15, 0.2) is 17.0 Å². The van der Waals surface area contributed by atoms with Crippen molar-refractivity contribution >= 4 is 38.7 Å². The van der Waals surface area contributed by atoms with E-state index in [0.717, 1.165) is 22.9 Å². The molecule has 1 N–H and O–H groups in total. The van der Waals surface area contributed by atoms with Gasteiger partial charge < -0.3 is 9.51 Å². The minimum absolute atomic E-state index is 0.0842. The second kappa shape index (κ2) is 9.87. The standard InChI is InChI=1S/C23H26BrClN6O3/c1-4-5-11-30-18-17(27-21(25)28-18)19(32)31(22(30)33)12-7-10-16-26-20(29-34-16)23(2,3)14-8-6-9-15(24)13-14/h6,8-9,13H,4-5,7,10-12H2,1-3H3,(H,27,28). The molecule has 0 fully saturated rings. The highest BCUT2D eigenvalue weighted by Gasteiger charge is 2.29. The zero-order chi connectivity index (χ0) is 24.5. The molecule has 0 aliphatic carbocycles. The number of fused-ring (bicyclic) bond motifs is 1. The highest BCUT2D eigenvalue weighted by Crippen LogP contribution is 2.31. The molecule has 34 heavy (non-hydrogen) atoms. The van der Waals surface area contributed by atoms with Crippen LogP contribution in [0.15, 0.2) is 42.9 Å². The van der Waals surface area contributed by atoms with E-state index in [2.05, 4.69) is 36.0 Å². The number of aryl methyl sites for hydroxylation is 2. The molecule has 0 atom stereocenters. The fourth-order valence-electron chi connectivity index (χ4n) is 3.86. The average Bonchev–Trinajstić information content (AvgIpc) is 3.43. The summed E-state index contributed by atoms with van der Waals surface area (Å²) in [4.78, 5) is 37.5. The van der Waals surface area contributed by atoms with Gasteiger partial charge in [-0.25, -0.2) is 4.79 Å². The first-order valence-electron chi connectivity index (χ1n) is 11.2. The fraction of sp³-hybridized carbons (Fsp3) is 0.435. The Kier molecular flexibility index (Phi) is 7.09. The molecule has 9 nitrogen and oxygen atoms in total. The highest BCUT2D eigenvalue weighted by molar-refractivity contribution is 9.10. The summed E-state index contributed by atoms with van der Waals surface area (Å²) < 4.78 is 9.18. The average molecular weight is 550 g/mol. The highest BCUT2D eigenvalue weighted by atomic mass is 79.9. The molecule has 0 radical (unpaired) electrons. The topological polar surface area (TPSA) is 112 Å². The molecule has 4 rings (SSSR count). The molecule has 1 aromatic carbocycles. The SMILES string of the molecule is CCCCn1c(=O)n(CCCc2nc(C(C)(C)c3cccc(Br)c3)no2)c(=O)c2[nH]c(Cl)nc21. The summed E-state index contributed by atoms with van der Waals surface area (Å²) in [6, 6.07) is 7.99. The number of imidazole rings is 1. The molecule has 180 valence electrons. The van der Waals surface area contributed by atoms with Gasteiger partial charge >= 0.3 is 5.69 Å². The molecule has 0 saturated heterocycles. The smallest absolute Gasteiger partial charge is 0.332 e. The van der Waals surface area contributed by atoms with Crippen LogP contribution in [-0.4, -0.2) is 29.2 Å². The van der Waals surface area contributed by atoms with E-state index in [0.29, 0.717) is 36.7 Å². The lowest BCUT2D eigenvalue weighted by molar-refractivity contribution is 0.360. The third-order valence-electron chi connectivity index (χ3n) is 5.91. The van der Waals surface area contributed by atoms with Crippen molar-refractivity contribution in [2.75, 3.05) is 0 Å². The second-order valence-corrected chi connectivity index (χ2v) is 10.00. The Morgan fingerprint density at radius 2 is 1.91 bits per heavy atom. The Balaban J connectivity index is 1.53. The van der Waals surface area contributed by atoms with Crippen LogP contribution in [0.4, 0.5) is 0 Å². The molecule has 11 heteroatoms. The van der Waals surface area contributed by atoms with Crippen LogP contribution in [0.5, 0.6) is 0 Å². The van der Waals surface area contributed by atoms with Gasteiger partial charge in [0, 0.05) is 24.0 Å². The van der Waals surface area contributed by atoms with Crippen molar-refractivity contribution in [2.45, 2.75) is 65.0 Å². The third kappa shape index (κ3) is 4.74. The van der Waals surface area contributed by atoms with E-state index in [1.54, 1.807) is 0 Å². The summed E-state index contributed by atoms with van der Waals surface area (Å²) in [7, 11) is 0. The van der Waals surface area contributed by atoms with E-state index in [1.165, 1.54) is 9.13 Å². The van der Waals surface area contributed by atoms with E-state index in [-0.39, 0.29) is 17.3 Å². The number of aromatic amines is 1. The van der Waals surface area contributed by atoms with Gasteiger partial charge in [-0.1, -0.05) is 46.6 Å². The van der Waals surface area contributed by atoms with E-state index in [4.69, 9.17) is 16.1 Å². The summed E-state index contributed by atoms with van der Waals surface area (Å²) in [5.41, 5.74) is 0.309. The molecule has 0 aliphatic rings. The lowest BCUT2D eigenvalue weighted by Gasteiger charge is -2.21. The van der Waals surface area contributed by atoms with Crippen molar-refractivity contribution in [3.8, 4) is 0 Å². The summed E-state index contributed by atoms with van der Waals surface area (Å²) in [6.45, 7) is 6.78. The number of unbranched alkanes of at least 4 members (excludes halogenated alkanes) is 1. The predicted octanol–water partition coefficient (Wildman–Crippen LogP) is 4.44. The van der Waals surface area contributed by atoms with Crippen LogP contribution >= 0.6 is 27.5 Å². The lowest BCUT2D eigenvalue weighted by atomic mass is 9.84. The number of nitrogens with one attached hydrogen (secondary N) is 1. The Bertz CT molecular complexity index is 1430. The van der Waals surface area contributed by atoms with Gasteiger partial charge in [-0.2, -0.15) is 9.97 Å². The fourth-order valence-corrected chi connectivity index (χ4v) is 4.43. The van der Waals surface area contributed by atoms with Gasteiger partial charge in [0.05, 0.1) is 5.41 Å². The minimum atomic E-state index is -0.444. The maximum atomic E-state index is 13.1. The van der Waals surface area contributed by atoms with Gasteiger partial charge in [0.1, 0.15) is 0 Å². The zero-order valence-electron chi connectivity index (χ0n) is 19.3. The molecule has 0 aliphatic heterocycles. The van der Waals surface area contributed by atoms with E-state index >= 15 is 0 Å². The van der Waals surface area contributed by atoms with Crippen molar-refractivity contribution in [1.29, 1.82) is 0 Å². The van der Waals surface area contributed by atoms with E-state index < -0.39 is 16.7 Å². The monoisotopic (exact) mass is 548 g/mol. The molecule has 0 amide bonds. The van der Waals surface area contributed by atoms with Crippen LogP contribution in [0.3, 0.4) is 0 Å². The molecular formula is C23H26BrClN6O3. The Labute approximate surface area is 209 Å².